The molecule has 1 aromatic carbocycles. The molecule has 20 heavy (non-hydrogen) atoms. The number of aromatic amines is 1. The van der Waals surface area contributed by atoms with E-state index in [1.807, 2.05) is 25.3 Å². The summed E-state index contributed by atoms with van der Waals surface area (Å²) in [6.07, 6.45) is 2.66. The molecule has 0 saturated heterocycles. The highest BCUT2D eigenvalue weighted by atomic mass is 15.2. The standard InChI is InChI=1S/C16H16N4/c1-3-14-18-16(13-5-4-10-17-13)15(20-19-14)12-8-6-11(2)7-9-12/h4-10,17H,3H2,1-2H3. The van der Waals surface area contributed by atoms with Gasteiger partial charge < -0.3 is 4.98 Å². The summed E-state index contributed by atoms with van der Waals surface area (Å²) in [5.41, 5.74) is 4.88. The second-order valence-electron chi connectivity index (χ2n) is 4.73. The number of benzene rings is 1. The van der Waals surface area contributed by atoms with Crippen molar-refractivity contribution in [3.8, 4) is 22.6 Å². The number of hydrogen-bond acceptors (Lipinski definition) is 3. The fraction of sp³-hybridized carbons (Fsp3) is 0.188. The van der Waals surface area contributed by atoms with Crippen molar-refractivity contribution >= 4 is 0 Å². The van der Waals surface area contributed by atoms with Crippen LogP contribution in [-0.4, -0.2) is 20.2 Å². The number of rotatable bonds is 3. The molecule has 0 amide bonds. The first kappa shape index (κ1) is 12.5. The van der Waals surface area contributed by atoms with Crippen molar-refractivity contribution in [2.75, 3.05) is 0 Å². The van der Waals surface area contributed by atoms with Gasteiger partial charge in [0.1, 0.15) is 11.4 Å². The third kappa shape index (κ3) is 2.32. The minimum atomic E-state index is 0.755. The summed E-state index contributed by atoms with van der Waals surface area (Å²) in [5, 5.41) is 8.56. The first-order valence-electron chi connectivity index (χ1n) is 6.72. The van der Waals surface area contributed by atoms with Crippen molar-refractivity contribution in [2.45, 2.75) is 20.3 Å². The maximum Gasteiger partial charge on any atom is 0.151 e. The predicted octanol–water partition coefficient (Wildman–Crippen LogP) is 3.40. The van der Waals surface area contributed by atoms with Gasteiger partial charge in [0.2, 0.25) is 0 Å². The van der Waals surface area contributed by atoms with E-state index in [-0.39, 0.29) is 0 Å². The second kappa shape index (κ2) is 5.25. The van der Waals surface area contributed by atoms with Crippen molar-refractivity contribution in [3.63, 3.8) is 0 Å². The zero-order valence-electron chi connectivity index (χ0n) is 11.6. The van der Waals surface area contributed by atoms with Gasteiger partial charge in [-0.15, -0.1) is 10.2 Å². The molecule has 4 nitrogen and oxygen atoms in total. The minimum absolute atomic E-state index is 0.755. The Kier molecular flexibility index (Phi) is 3.29. The van der Waals surface area contributed by atoms with Gasteiger partial charge in [-0.05, 0) is 19.1 Å². The average molecular weight is 264 g/mol. The summed E-state index contributed by atoms with van der Waals surface area (Å²) in [5.74, 6) is 0.755. The van der Waals surface area contributed by atoms with Gasteiger partial charge in [0.25, 0.3) is 0 Å². The van der Waals surface area contributed by atoms with E-state index in [2.05, 4.69) is 51.4 Å². The van der Waals surface area contributed by atoms with Crippen molar-refractivity contribution in [1.82, 2.24) is 20.2 Å². The van der Waals surface area contributed by atoms with E-state index in [1.54, 1.807) is 0 Å². The molecule has 3 rings (SSSR count). The molecular weight excluding hydrogens is 248 g/mol. The summed E-state index contributed by atoms with van der Waals surface area (Å²) < 4.78 is 0. The van der Waals surface area contributed by atoms with Crippen molar-refractivity contribution in [3.05, 3.63) is 54.0 Å². The van der Waals surface area contributed by atoms with Gasteiger partial charge in [0.05, 0.1) is 5.69 Å². The number of H-pyrrole nitrogens is 1. The lowest BCUT2D eigenvalue weighted by atomic mass is 10.1. The van der Waals surface area contributed by atoms with Gasteiger partial charge in [-0.2, -0.15) is 0 Å². The van der Waals surface area contributed by atoms with Crippen LogP contribution in [0.2, 0.25) is 0 Å². The Morgan fingerprint density at radius 1 is 1.00 bits per heavy atom. The molecule has 0 saturated carbocycles. The molecule has 0 spiro atoms. The SMILES string of the molecule is CCc1nnc(-c2ccc(C)cc2)c(-c2ccc[nH]2)n1. The normalized spacial score (nSPS) is 10.7. The average Bonchev–Trinajstić information content (AvgIpc) is 3.02. The van der Waals surface area contributed by atoms with Gasteiger partial charge >= 0.3 is 0 Å². The second-order valence-corrected chi connectivity index (χ2v) is 4.73. The molecule has 0 radical (unpaired) electrons. The smallest absolute Gasteiger partial charge is 0.151 e. The van der Waals surface area contributed by atoms with E-state index >= 15 is 0 Å². The molecule has 0 atom stereocenters. The van der Waals surface area contributed by atoms with Crippen molar-refractivity contribution < 1.29 is 0 Å². The molecule has 0 bridgehead atoms. The summed E-state index contributed by atoms with van der Waals surface area (Å²) in [7, 11) is 0. The largest absolute Gasteiger partial charge is 0.360 e. The number of aryl methyl sites for hydroxylation is 2. The minimum Gasteiger partial charge on any atom is -0.360 e. The highest BCUT2D eigenvalue weighted by Gasteiger charge is 2.13. The Morgan fingerprint density at radius 2 is 1.80 bits per heavy atom. The van der Waals surface area contributed by atoms with E-state index in [1.165, 1.54) is 5.56 Å². The number of nitrogens with zero attached hydrogens (tertiary/aromatic N) is 3. The van der Waals surface area contributed by atoms with Crippen LogP contribution in [0.5, 0.6) is 0 Å². The van der Waals surface area contributed by atoms with Crippen LogP contribution in [0, 0.1) is 6.92 Å². The molecule has 0 aliphatic rings. The lowest BCUT2D eigenvalue weighted by molar-refractivity contribution is 0.855. The van der Waals surface area contributed by atoms with E-state index in [0.717, 1.165) is 34.9 Å². The molecule has 4 heteroatoms. The van der Waals surface area contributed by atoms with E-state index in [0.29, 0.717) is 0 Å². The zero-order valence-corrected chi connectivity index (χ0v) is 11.6. The van der Waals surface area contributed by atoms with Crippen LogP contribution >= 0.6 is 0 Å². The van der Waals surface area contributed by atoms with Crippen LogP contribution in [-0.2, 0) is 6.42 Å². The van der Waals surface area contributed by atoms with Crippen LogP contribution in [0.1, 0.15) is 18.3 Å². The number of hydrogen-bond donors (Lipinski definition) is 1. The van der Waals surface area contributed by atoms with Gasteiger partial charge in [0.15, 0.2) is 5.82 Å². The third-order valence-electron chi connectivity index (χ3n) is 3.22. The van der Waals surface area contributed by atoms with Gasteiger partial charge in [0, 0.05) is 18.2 Å². The Morgan fingerprint density at radius 3 is 2.45 bits per heavy atom. The summed E-state index contributed by atoms with van der Waals surface area (Å²) in [4.78, 5) is 7.82. The summed E-state index contributed by atoms with van der Waals surface area (Å²) in [6, 6.07) is 12.2. The molecule has 2 heterocycles. The van der Waals surface area contributed by atoms with E-state index < -0.39 is 0 Å². The van der Waals surface area contributed by atoms with Crippen LogP contribution in [0.3, 0.4) is 0 Å². The fourth-order valence-corrected chi connectivity index (χ4v) is 2.08. The van der Waals surface area contributed by atoms with Gasteiger partial charge in [-0.25, -0.2) is 4.98 Å². The van der Waals surface area contributed by atoms with E-state index in [9.17, 15) is 0 Å². The molecule has 100 valence electrons. The topological polar surface area (TPSA) is 54.5 Å². The third-order valence-corrected chi connectivity index (χ3v) is 3.22. The van der Waals surface area contributed by atoms with E-state index in [4.69, 9.17) is 0 Å². The maximum absolute atomic E-state index is 4.63. The van der Waals surface area contributed by atoms with Crippen LogP contribution in [0.4, 0.5) is 0 Å². The van der Waals surface area contributed by atoms with Crippen LogP contribution in [0.15, 0.2) is 42.6 Å². The molecule has 0 unspecified atom stereocenters. The Balaban J connectivity index is 2.17. The first-order valence-corrected chi connectivity index (χ1v) is 6.72. The molecule has 1 N–H and O–H groups in total. The zero-order chi connectivity index (χ0) is 13.9. The van der Waals surface area contributed by atoms with Crippen molar-refractivity contribution in [2.24, 2.45) is 0 Å². The van der Waals surface area contributed by atoms with Gasteiger partial charge in [-0.3, -0.25) is 0 Å². The summed E-state index contributed by atoms with van der Waals surface area (Å²) >= 11 is 0. The highest BCUT2D eigenvalue weighted by Crippen LogP contribution is 2.27. The molecular formula is C16H16N4. The number of nitrogens with one attached hydrogen (secondary N) is 1. The monoisotopic (exact) mass is 264 g/mol. The Bertz CT molecular complexity index is 700. The summed E-state index contributed by atoms with van der Waals surface area (Å²) in [6.45, 7) is 4.10. The van der Waals surface area contributed by atoms with Gasteiger partial charge in [-0.1, -0.05) is 36.8 Å². The quantitative estimate of drug-likeness (QED) is 0.788. The highest BCUT2D eigenvalue weighted by molar-refractivity contribution is 5.75. The van der Waals surface area contributed by atoms with Crippen LogP contribution in [0.25, 0.3) is 22.6 Å². The van der Waals surface area contributed by atoms with Crippen molar-refractivity contribution in [1.29, 1.82) is 0 Å². The Labute approximate surface area is 117 Å². The molecule has 0 fully saturated rings. The Hall–Kier alpha value is -2.49. The van der Waals surface area contributed by atoms with Crippen LogP contribution < -0.4 is 0 Å². The molecule has 0 aliphatic carbocycles. The lowest BCUT2D eigenvalue weighted by Gasteiger charge is -2.07. The molecule has 3 aromatic rings. The first-order chi connectivity index (χ1) is 9.78. The fourth-order valence-electron chi connectivity index (χ4n) is 2.08. The maximum atomic E-state index is 4.63. The molecule has 0 aliphatic heterocycles. The molecule has 2 aromatic heterocycles. The lowest BCUT2D eigenvalue weighted by Crippen LogP contribution is -2.02. The number of aromatic nitrogens is 4. The predicted molar refractivity (Wildman–Crippen MR) is 79.2 cm³/mol.